The van der Waals surface area contributed by atoms with Gasteiger partial charge >= 0.3 is 0 Å². The van der Waals surface area contributed by atoms with Crippen molar-refractivity contribution in [2.24, 2.45) is 0 Å². The summed E-state index contributed by atoms with van der Waals surface area (Å²) in [5.74, 6) is -2.60. The molecule has 1 atom stereocenters. The third-order valence-corrected chi connectivity index (χ3v) is 1.73. The van der Waals surface area contributed by atoms with Gasteiger partial charge in [-0.15, -0.1) is 0 Å². The Kier molecular flexibility index (Phi) is 2.53. The van der Waals surface area contributed by atoms with Crippen molar-refractivity contribution in [3.63, 3.8) is 0 Å². The van der Waals surface area contributed by atoms with Gasteiger partial charge in [0.1, 0.15) is 0 Å². The van der Waals surface area contributed by atoms with Crippen molar-refractivity contribution in [2.45, 2.75) is 24.8 Å². The maximum absolute atomic E-state index is 12.1. The van der Waals surface area contributed by atoms with Crippen molar-refractivity contribution in [1.29, 1.82) is 0 Å². The summed E-state index contributed by atoms with van der Waals surface area (Å²) >= 11 is -2.18. The van der Waals surface area contributed by atoms with Crippen LogP contribution in [0.2, 0.25) is 0 Å². The lowest BCUT2D eigenvalue weighted by Crippen LogP contribution is -2.53. The van der Waals surface area contributed by atoms with Crippen molar-refractivity contribution in [3.05, 3.63) is 0 Å². The maximum atomic E-state index is 12.1. The van der Waals surface area contributed by atoms with Crippen molar-refractivity contribution in [1.82, 2.24) is 10.3 Å². The molecule has 4 nitrogen and oxygen atoms in total. The summed E-state index contributed by atoms with van der Waals surface area (Å²) in [6.45, 7) is 0. The van der Waals surface area contributed by atoms with Crippen molar-refractivity contribution in [3.8, 4) is 0 Å². The average molecular weight is 186 g/mol. The molecule has 0 aromatic rings. The number of hydrogen-bond acceptors (Lipinski definition) is 2. The Balaban J connectivity index is 2.09. The van der Waals surface area contributed by atoms with Gasteiger partial charge in [0.15, 0.2) is 0 Å². The molecule has 0 spiro atoms. The molecule has 7 heteroatoms. The van der Waals surface area contributed by atoms with E-state index in [2.05, 4.69) is 5.43 Å². The van der Waals surface area contributed by atoms with Crippen LogP contribution in [0.1, 0.15) is 12.8 Å². The Labute approximate surface area is 64.7 Å². The third kappa shape index (κ3) is 2.78. The number of alkyl halides is 2. The van der Waals surface area contributed by atoms with Gasteiger partial charge in [-0.2, -0.15) is 4.83 Å². The van der Waals surface area contributed by atoms with Crippen LogP contribution in [0, 0.1) is 0 Å². The largest absolute Gasteiger partial charge is 0.293 e. The van der Waals surface area contributed by atoms with E-state index in [4.69, 9.17) is 4.55 Å². The van der Waals surface area contributed by atoms with Gasteiger partial charge in [-0.3, -0.25) is 4.55 Å². The predicted molar refractivity (Wildman–Crippen MR) is 35.0 cm³/mol. The van der Waals surface area contributed by atoms with Gasteiger partial charge in [0, 0.05) is 18.9 Å². The monoisotopic (exact) mass is 186 g/mol. The molecular weight excluding hydrogens is 178 g/mol. The SMILES string of the molecule is O=S(O)NNC1CC(F)(F)C1. The predicted octanol–water partition coefficient (Wildman–Crippen LogP) is 0.0150. The molecule has 1 fully saturated rings. The number of halogens is 2. The van der Waals surface area contributed by atoms with E-state index in [1.54, 1.807) is 0 Å². The first-order valence-electron chi connectivity index (χ1n) is 2.99. The standard InChI is InChI=1S/C4H8F2N2O2S/c5-4(6)1-3(2-4)7-8-11(9)10/h3,7-8H,1-2H2,(H,9,10). The van der Waals surface area contributed by atoms with E-state index >= 15 is 0 Å². The van der Waals surface area contributed by atoms with Crippen LogP contribution >= 0.6 is 0 Å². The van der Waals surface area contributed by atoms with Crippen LogP contribution < -0.4 is 10.3 Å². The van der Waals surface area contributed by atoms with Crippen molar-refractivity contribution >= 4 is 11.3 Å². The van der Waals surface area contributed by atoms with Crippen LogP contribution in [0.15, 0.2) is 0 Å². The highest BCUT2D eigenvalue weighted by Crippen LogP contribution is 2.36. The summed E-state index contributed by atoms with van der Waals surface area (Å²) in [7, 11) is 0. The summed E-state index contributed by atoms with van der Waals surface area (Å²) in [6, 6.07) is -0.402. The quantitative estimate of drug-likeness (QED) is 0.430. The molecule has 0 aliphatic heterocycles. The van der Waals surface area contributed by atoms with E-state index in [-0.39, 0.29) is 12.8 Å². The lowest BCUT2D eigenvalue weighted by molar-refractivity contribution is -0.0939. The Bertz CT molecular complexity index is 169. The zero-order chi connectivity index (χ0) is 8.48. The molecule has 0 radical (unpaired) electrons. The smallest absolute Gasteiger partial charge is 0.251 e. The molecule has 0 aromatic carbocycles. The summed E-state index contributed by atoms with van der Waals surface area (Å²) in [6.07, 6.45) is -0.561. The molecule has 1 unspecified atom stereocenters. The lowest BCUT2D eigenvalue weighted by atomic mass is 9.89. The second-order valence-corrected chi connectivity index (χ2v) is 3.16. The minimum absolute atomic E-state index is 0.281. The zero-order valence-corrected chi connectivity index (χ0v) is 6.33. The Morgan fingerprint density at radius 3 is 2.45 bits per heavy atom. The van der Waals surface area contributed by atoms with Gasteiger partial charge in [0.05, 0.1) is 0 Å². The van der Waals surface area contributed by atoms with Gasteiger partial charge in [0.25, 0.3) is 5.92 Å². The molecule has 11 heavy (non-hydrogen) atoms. The summed E-state index contributed by atoms with van der Waals surface area (Å²) in [5, 5.41) is 0. The number of hydrazine groups is 1. The molecule has 1 saturated carbocycles. The highest BCUT2D eigenvalue weighted by atomic mass is 32.2. The minimum Gasteiger partial charge on any atom is -0.293 e. The fourth-order valence-electron chi connectivity index (χ4n) is 0.897. The second-order valence-electron chi connectivity index (χ2n) is 2.46. The van der Waals surface area contributed by atoms with Crippen molar-refractivity contribution < 1.29 is 17.5 Å². The fraction of sp³-hybridized carbons (Fsp3) is 1.00. The number of hydrogen-bond donors (Lipinski definition) is 3. The van der Waals surface area contributed by atoms with Crippen LogP contribution in [0.3, 0.4) is 0 Å². The first-order valence-corrected chi connectivity index (χ1v) is 4.10. The highest BCUT2D eigenvalue weighted by Gasteiger charge is 2.45. The van der Waals surface area contributed by atoms with E-state index in [0.29, 0.717) is 0 Å². The van der Waals surface area contributed by atoms with E-state index in [1.807, 2.05) is 4.83 Å². The second kappa shape index (κ2) is 3.10. The van der Waals surface area contributed by atoms with E-state index in [0.717, 1.165) is 0 Å². The molecule has 1 rings (SSSR count). The molecule has 0 amide bonds. The summed E-state index contributed by atoms with van der Waals surface area (Å²) in [5.41, 5.74) is 2.29. The Morgan fingerprint density at radius 1 is 1.55 bits per heavy atom. The van der Waals surface area contributed by atoms with Crippen LogP contribution in [0.25, 0.3) is 0 Å². The molecule has 0 bridgehead atoms. The number of nitrogens with one attached hydrogen (secondary N) is 2. The van der Waals surface area contributed by atoms with Crippen LogP contribution in [0.5, 0.6) is 0 Å². The topological polar surface area (TPSA) is 61.4 Å². The third-order valence-electron chi connectivity index (χ3n) is 1.44. The van der Waals surface area contributed by atoms with Crippen LogP contribution in [-0.2, 0) is 11.3 Å². The average Bonchev–Trinajstić information content (AvgIpc) is 1.78. The van der Waals surface area contributed by atoms with Crippen molar-refractivity contribution in [2.75, 3.05) is 0 Å². The number of rotatable bonds is 3. The van der Waals surface area contributed by atoms with E-state index < -0.39 is 23.2 Å². The molecule has 0 saturated heterocycles. The van der Waals surface area contributed by atoms with Crippen LogP contribution in [-0.4, -0.2) is 20.7 Å². The van der Waals surface area contributed by atoms with Gasteiger partial charge in [-0.1, -0.05) is 0 Å². The van der Waals surface area contributed by atoms with Gasteiger partial charge < -0.3 is 0 Å². The molecule has 0 heterocycles. The van der Waals surface area contributed by atoms with E-state index in [1.165, 1.54) is 0 Å². The maximum Gasteiger partial charge on any atom is 0.251 e. The normalized spacial score (nSPS) is 26.1. The van der Waals surface area contributed by atoms with Gasteiger partial charge in [-0.25, -0.2) is 18.4 Å². The molecular formula is C4H8F2N2O2S. The van der Waals surface area contributed by atoms with Gasteiger partial charge in [0.2, 0.25) is 11.3 Å². The molecule has 66 valence electrons. The molecule has 1 aliphatic carbocycles. The Hall–Kier alpha value is -0.110. The fourth-order valence-corrected chi connectivity index (χ4v) is 1.16. The first-order chi connectivity index (χ1) is 4.99. The Morgan fingerprint density at radius 2 is 2.09 bits per heavy atom. The minimum atomic E-state index is -2.60. The van der Waals surface area contributed by atoms with Crippen LogP contribution in [0.4, 0.5) is 8.78 Å². The lowest BCUT2D eigenvalue weighted by Gasteiger charge is -2.34. The van der Waals surface area contributed by atoms with Gasteiger partial charge in [-0.05, 0) is 0 Å². The highest BCUT2D eigenvalue weighted by molar-refractivity contribution is 7.77. The first kappa shape index (κ1) is 8.98. The summed E-state index contributed by atoms with van der Waals surface area (Å²) in [4.78, 5) is 1.93. The molecule has 1 aliphatic rings. The molecule has 3 N–H and O–H groups in total. The van der Waals surface area contributed by atoms with E-state index in [9.17, 15) is 13.0 Å². The molecule has 0 aromatic heterocycles. The zero-order valence-electron chi connectivity index (χ0n) is 5.51. The summed E-state index contributed by atoms with van der Waals surface area (Å²) < 4.78 is 42.3.